The summed E-state index contributed by atoms with van der Waals surface area (Å²) in [6.45, 7) is 3.60. The third-order valence-electron chi connectivity index (χ3n) is 2.55. The highest BCUT2D eigenvalue weighted by atomic mass is 19.2. The minimum atomic E-state index is -0.861. The van der Waals surface area contributed by atoms with Gasteiger partial charge in [-0.3, -0.25) is 0 Å². The number of anilines is 1. The molecule has 0 unspecified atom stereocenters. The lowest BCUT2D eigenvalue weighted by Crippen LogP contribution is -2.22. The minimum absolute atomic E-state index is 0.211. The Hall–Kier alpha value is -1.56. The number of halogens is 2. The van der Waals surface area contributed by atoms with Crippen molar-refractivity contribution in [2.24, 2.45) is 0 Å². The summed E-state index contributed by atoms with van der Waals surface area (Å²) >= 11 is 0. The van der Waals surface area contributed by atoms with Gasteiger partial charge in [0.15, 0.2) is 11.6 Å². The zero-order valence-electron chi connectivity index (χ0n) is 9.94. The zero-order chi connectivity index (χ0) is 12.5. The minimum Gasteiger partial charge on any atom is -0.375 e. The molecule has 0 aliphatic carbocycles. The van der Waals surface area contributed by atoms with Crippen LogP contribution in [0.2, 0.25) is 0 Å². The van der Waals surface area contributed by atoms with Gasteiger partial charge in [0, 0.05) is 14.1 Å². The Morgan fingerprint density at radius 2 is 1.81 bits per heavy atom. The first-order valence-corrected chi connectivity index (χ1v) is 4.95. The fourth-order valence-electron chi connectivity index (χ4n) is 1.56. The van der Waals surface area contributed by atoms with E-state index in [1.165, 1.54) is 11.0 Å². The van der Waals surface area contributed by atoms with E-state index in [1.807, 2.05) is 0 Å². The molecule has 0 aromatic heterocycles. The SMILES string of the molecule is C#CC(C)(C)c1ccc(F)c(F)c1N(C)C. The van der Waals surface area contributed by atoms with Gasteiger partial charge in [0.2, 0.25) is 0 Å². The molecule has 1 aromatic carbocycles. The molecule has 0 aliphatic heterocycles. The first-order valence-electron chi connectivity index (χ1n) is 4.95. The second-order valence-corrected chi connectivity index (χ2v) is 4.42. The molecule has 1 rings (SSSR count). The predicted molar refractivity (Wildman–Crippen MR) is 62.5 cm³/mol. The van der Waals surface area contributed by atoms with Gasteiger partial charge in [-0.1, -0.05) is 12.0 Å². The average Bonchev–Trinajstić information content (AvgIpc) is 2.21. The zero-order valence-corrected chi connectivity index (χ0v) is 9.94. The van der Waals surface area contributed by atoms with Crippen molar-refractivity contribution < 1.29 is 8.78 Å². The largest absolute Gasteiger partial charge is 0.375 e. The lowest BCUT2D eigenvalue weighted by atomic mass is 9.84. The van der Waals surface area contributed by atoms with Crippen LogP contribution in [0.3, 0.4) is 0 Å². The number of terminal acetylenes is 1. The summed E-state index contributed by atoms with van der Waals surface area (Å²) < 4.78 is 26.9. The van der Waals surface area contributed by atoms with Crippen LogP contribution in [-0.2, 0) is 5.41 Å². The van der Waals surface area contributed by atoms with Crippen molar-refractivity contribution in [3.63, 3.8) is 0 Å². The summed E-state index contributed by atoms with van der Waals surface area (Å²) in [7, 11) is 3.32. The second-order valence-electron chi connectivity index (χ2n) is 4.42. The third-order valence-corrected chi connectivity index (χ3v) is 2.55. The van der Waals surface area contributed by atoms with E-state index in [2.05, 4.69) is 5.92 Å². The Bertz CT molecular complexity index is 442. The van der Waals surface area contributed by atoms with Gasteiger partial charge in [-0.25, -0.2) is 8.78 Å². The molecule has 0 fully saturated rings. The molecular formula is C13H15F2N. The molecule has 16 heavy (non-hydrogen) atoms. The maximum atomic E-state index is 13.7. The second kappa shape index (κ2) is 4.13. The third kappa shape index (κ3) is 2.01. The van der Waals surface area contributed by atoms with Crippen LogP contribution in [0.1, 0.15) is 19.4 Å². The molecule has 0 amide bonds. The highest BCUT2D eigenvalue weighted by Gasteiger charge is 2.25. The molecule has 0 bridgehead atoms. The number of rotatable bonds is 2. The van der Waals surface area contributed by atoms with Gasteiger partial charge < -0.3 is 4.90 Å². The first-order chi connectivity index (χ1) is 7.31. The number of hydrogen-bond donors (Lipinski definition) is 0. The fourth-order valence-corrected chi connectivity index (χ4v) is 1.56. The Kier molecular flexibility index (Phi) is 3.23. The van der Waals surface area contributed by atoms with E-state index in [0.717, 1.165) is 6.07 Å². The van der Waals surface area contributed by atoms with Crippen molar-refractivity contribution in [3.05, 3.63) is 29.3 Å². The quantitative estimate of drug-likeness (QED) is 0.697. The van der Waals surface area contributed by atoms with Crippen molar-refractivity contribution in [2.45, 2.75) is 19.3 Å². The summed E-state index contributed by atoms with van der Waals surface area (Å²) in [5.74, 6) is 0.867. The van der Waals surface area contributed by atoms with Crippen LogP contribution >= 0.6 is 0 Å². The van der Waals surface area contributed by atoms with Crippen LogP contribution in [-0.4, -0.2) is 14.1 Å². The van der Waals surface area contributed by atoms with E-state index in [9.17, 15) is 8.78 Å². The summed E-state index contributed by atoms with van der Waals surface area (Å²) in [5, 5.41) is 0. The lowest BCUT2D eigenvalue weighted by Gasteiger charge is -2.26. The molecule has 1 aromatic rings. The van der Waals surface area contributed by atoms with Crippen molar-refractivity contribution in [1.29, 1.82) is 0 Å². The van der Waals surface area contributed by atoms with E-state index in [1.54, 1.807) is 27.9 Å². The van der Waals surface area contributed by atoms with Gasteiger partial charge in [0.1, 0.15) is 0 Å². The maximum Gasteiger partial charge on any atom is 0.182 e. The summed E-state index contributed by atoms with van der Waals surface area (Å²) in [5.41, 5.74) is 0.190. The molecule has 0 atom stereocenters. The molecule has 0 saturated heterocycles. The highest BCUT2D eigenvalue weighted by Crippen LogP contribution is 2.34. The normalized spacial score (nSPS) is 11.1. The van der Waals surface area contributed by atoms with E-state index < -0.39 is 17.0 Å². The van der Waals surface area contributed by atoms with Gasteiger partial charge in [0.25, 0.3) is 0 Å². The molecule has 3 heteroatoms. The average molecular weight is 223 g/mol. The molecule has 1 nitrogen and oxygen atoms in total. The Labute approximate surface area is 95.1 Å². The van der Waals surface area contributed by atoms with Gasteiger partial charge >= 0.3 is 0 Å². The maximum absolute atomic E-state index is 13.7. The molecule has 0 spiro atoms. The van der Waals surface area contributed by atoms with Gasteiger partial charge in [-0.15, -0.1) is 6.42 Å². The van der Waals surface area contributed by atoms with Gasteiger partial charge in [-0.2, -0.15) is 0 Å². The topological polar surface area (TPSA) is 3.24 Å². The van der Waals surface area contributed by atoms with Crippen molar-refractivity contribution >= 4 is 5.69 Å². The fraction of sp³-hybridized carbons (Fsp3) is 0.385. The number of nitrogens with zero attached hydrogens (tertiary/aromatic N) is 1. The van der Waals surface area contributed by atoms with Crippen molar-refractivity contribution in [3.8, 4) is 12.3 Å². The standard InChI is InChI=1S/C13H15F2N/c1-6-13(2,3)9-7-8-10(14)11(15)12(9)16(4)5/h1,7-8H,2-5H3. The Morgan fingerprint density at radius 1 is 1.25 bits per heavy atom. The molecule has 0 heterocycles. The van der Waals surface area contributed by atoms with Gasteiger partial charge in [-0.05, 0) is 25.5 Å². The van der Waals surface area contributed by atoms with E-state index in [0.29, 0.717) is 5.56 Å². The molecule has 0 aliphatic rings. The van der Waals surface area contributed by atoms with Crippen LogP contribution in [0.25, 0.3) is 0 Å². The summed E-state index contributed by atoms with van der Waals surface area (Å²) in [4.78, 5) is 1.53. The molecule has 86 valence electrons. The van der Waals surface area contributed by atoms with Crippen LogP contribution in [0.5, 0.6) is 0 Å². The van der Waals surface area contributed by atoms with Crippen LogP contribution in [0.4, 0.5) is 14.5 Å². The summed E-state index contributed by atoms with van der Waals surface area (Å²) in [6.07, 6.45) is 5.41. The van der Waals surface area contributed by atoms with Crippen molar-refractivity contribution in [1.82, 2.24) is 0 Å². The van der Waals surface area contributed by atoms with Crippen LogP contribution < -0.4 is 4.90 Å². The summed E-state index contributed by atoms with van der Waals surface area (Å²) in [6, 6.07) is 2.64. The molecular weight excluding hydrogens is 208 g/mol. The van der Waals surface area contributed by atoms with Gasteiger partial charge in [0.05, 0.1) is 11.1 Å². The lowest BCUT2D eigenvalue weighted by molar-refractivity contribution is 0.504. The predicted octanol–water partition coefficient (Wildman–Crippen LogP) is 2.94. The molecule has 0 saturated carbocycles. The number of benzene rings is 1. The van der Waals surface area contributed by atoms with Crippen LogP contribution in [0.15, 0.2) is 12.1 Å². The van der Waals surface area contributed by atoms with E-state index in [-0.39, 0.29) is 5.69 Å². The van der Waals surface area contributed by atoms with E-state index in [4.69, 9.17) is 6.42 Å². The first kappa shape index (κ1) is 12.5. The Morgan fingerprint density at radius 3 is 2.25 bits per heavy atom. The molecule has 0 N–H and O–H groups in total. The molecule has 0 radical (unpaired) electrons. The van der Waals surface area contributed by atoms with Crippen LogP contribution in [0, 0.1) is 24.0 Å². The van der Waals surface area contributed by atoms with Crippen molar-refractivity contribution in [2.75, 3.05) is 19.0 Å². The Balaban J connectivity index is 3.54. The number of hydrogen-bond acceptors (Lipinski definition) is 1. The highest BCUT2D eigenvalue weighted by molar-refractivity contribution is 5.59. The smallest absolute Gasteiger partial charge is 0.182 e. The van der Waals surface area contributed by atoms with E-state index >= 15 is 0 Å². The monoisotopic (exact) mass is 223 g/mol.